The van der Waals surface area contributed by atoms with Crippen LogP contribution in [0, 0.1) is 6.92 Å². The van der Waals surface area contributed by atoms with Crippen molar-refractivity contribution in [1.82, 2.24) is 4.68 Å². The van der Waals surface area contributed by atoms with Gasteiger partial charge < -0.3 is 4.74 Å². The van der Waals surface area contributed by atoms with Gasteiger partial charge >= 0.3 is 5.97 Å². The molecule has 1 heterocycles. The average molecular weight is 234 g/mol. The first-order valence-electron chi connectivity index (χ1n) is 5.55. The fourth-order valence-corrected chi connectivity index (χ4v) is 1.91. The lowest BCUT2D eigenvalue weighted by atomic mass is 10.3. The van der Waals surface area contributed by atoms with Crippen molar-refractivity contribution in [3.8, 4) is 0 Å². The molecule has 0 radical (unpaired) electrons. The highest BCUT2D eigenvalue weighted by Gasteiger charge is 2.21. The van der Waals surface area contributed by atoms with Gasteiger partial charge in [0.2, 0.25) is 0 Å². The van der Waals surface area contributed by atoms with E-state index in [9.17, 15) is 4.79 Å². The Balaban J connectivity index is 2.46. The van der Waals surface area contributed by atoms with Gasteiger partial charge in [0.1, 0.15) is 0 Å². The maximum atomic E-state index is 11.5. The summed E-state index contributed by atoms with van der Waals surface area (Å²) in [6.07, 6.45) is 0. The number of fused-ring (bicyclic) bond motifs is 1. The first-order chi connectivity index (χ1) is 8.15. The van der Waals surface area contributed by atoms with Crippen molar-refractivity contribution in [2.45, 2.75) is 20.4 Å². The van der Waals surface area contributed by atoms with Gasteiger partial charge in [0.05, 0.1) is 6.61 Å². The molecule has 0 atom stereocenters. The predicted octanol–water partition coefficient (Wildman–Crippen LogP) is 0.514. The second kappa shape index (κ2) is 4.45. The maximum absolute atomic E-state index is 11.5. The Hall–Kier alpha value is -2.04. The number of imidazole rings is 1. The van der Waals surface area contributed by atoms with Crippen LogP contribution in [0.1, 0.15) is 12.7 Å². The minimum atomic E-state index is -0.253. The van der Waals surface area contributed by atoms with Crippen LogP contribution in [0.25, 0.3) is 11.0 Å². The summed E-state index contributed by atoms with van der Waals surface area (Å²) < 4.78 is 8.38. The molecule has 2 N–H and O–H groups in total. The largest absolute Gasteiger partial charge is 0.463 e. The number of carbonyl (C=O) groups excluding carboxylic acids is 1. The molecule has 5 nitrogen and oxygen atoms in total. The first-order valence-corrected chi connectivity index (χ1v) is 5.55. The molecule has 2 aromatic rings. The van der Waals surface area contributed by atoms with E-state index < -0.39 is 0 Å². The molecule has 0 spiro atoms. The van der Waals surface area contributed by atoms with Crippen LogP contribution in [0.3, 0.4) is 0 Å². The van der Waals surface area contributed by atoms with Crippen molar-refractivity contribution in [2.24, 2.45) is 0 Å². The Morgan fingerprint density at radius 3 is 2.88 bits per heavy atom. The van der Waals surface area contributed by atoms with Crippen LogP contribution in [0.4, 0.5) is 0 Å². The van der Waals surface area contributed by atoms with Gasteiger partial charge in [-0.2, -0.15) is 0 Å². The molecule has 0 fully saturated rings. The number of esters is 1. The third-order valence-electron chi connectivity index (χ3n) is 2.76. The SMILES string of the molecule is CCOC(=O)C[n+]1c(C)n(N)c2ccccc21. The lowest BCUT2D eigenvalue weighted by molar-refractivity contribution is -0.667. The predicted molar refractivity (Wildman–Crippen MR) is 63.7 cm³/mol. The lowest BCUT2D eigenvalue weighted by Gasteiger charge is -2.00. The molecule has 2 rings (SSSR count). The molecule has 0 saturated carbocycles. The molecule has 0 aliphatic heterocycles. The van der Waals surface area contributed by atoms with Crippen molar-refractivity contribution in [2.75, 3.05) is 12.4 Å². The Morgan fingerprint density at radius 2 is 2.18 bits per heavy atom. The Morgan fingerprint density at radius 1 is 1.47 bits per heavy atom. The molecule has 0 amide bonds. The molecule has 0 unspecified atom stereocenters. The van der Waals surface area contributed by atoms with Crippen LogP contribution in [-0.2, 0) is 16.1 Å². The number of benzene rings is 1. The summed E-state index contributed by atoms with van der Waals surface area (Å²) in [6.45, 7) is 4.24. The van der Waals surface area contributed by atoms with Gasteiger partial charge in [-0.15, -0.1) is 4.68 Å². The molecular weight excluding hydrogens is 218 g/mol. The van der Waals surface area contributed by atoms with Gasteiger partial charge in [0.15, 0.2) is 17.6 Å². The summed E-state index contributed by atoms with van der Waals surface area (Å²) in [5.74, 6) is 6.50. The van der Waals surface area contributed by atoms with E-state index in [4.69, 9.17) is 10.6 Å². The van der Waals surface area contributed by atoms with E-state index in [0.29, 0.717) is 6.61 Å². The number of para-hydroxylation sites is 2. The number of ether oxygens (including phenoxy) is 1. The number of aromatic nitrogens is 2. The third-order valence-corrected chi connectivity index (χ3v) is 2.76. The molecule has 5 heteroatoms. The number of carbonyl (C=O) groups is 1. The molecule has 0 aliphatic rings. The number of nitrogens with two attached hydrogens (primary N) is 1. The van der Waals surface area contributed by atoms with Crippen LogP contribution in [0.5, 0.6) is 0 Å². The highest BCUT2D eigenvalue weighted by atomic mass is 16.5. The summed E-state index contributed by atoms with van der Waals surface area (Å²) in [5.41, 5.74) is 1.83. The zero-order valence-electron chi connectivity index (χ0n) is 10.0. The first kappa shape index (κ1) is 11.4. The van der Waals surface area contributed by atoms with Gasteiger partial charge in [0.25, 0.3) is 5.82 Å². The van der Waals surface area contributed by atoms with Gasteiger partial charge in [-0.3, -0.25) is 5.84 Å². The summed E-state index contributed by atoms with van der Waals surface area (Å²) in [4.78, 5) is 11.5. The fourth-order valence-electron chi connectivity index (χ4n) is 1.91. The Bertz CT molecular complexity index is 560. The van der Waals surface area contributed by atoms with Crippen molar-refractivity contribution < 1.29 is 14.1 Å². The number of rotatable bonds is 3. The van der Waals surface area contributed by atoms with Gasteiger partial charge in [0, 0.05) is 6.92 Å². The smallest absolute Gasteiger partial charge is 0.348 e. The van der Waals surface area contributed by atoms with Gasteiger partial charge in [-0.05, 0) is 19.1 Å². The molecule has 1 aromatic heterocycles. The van der Waals surface area contributed by atoms with Crippen LogP contribution in [-0.4, -0.2) is 17.3 Å². The maximum Gasteiger partial charge on any atom is 0.348 e. The van der Waals surface area contributed by atoms with Gasteiger partial charge in [-0.25, -0.2) is 9.36 Å². The van der Waals surface area contributed by atoms with E-state index in [0.717, 1.165) is 16.9 Å². The lowest BCUT2D eigenvalue weighted by Crippen LogP contribution is -2.41. The quantitative estimate of drug-likeness (QED) is 0.478. The standard InChI is InChI=1S/C12H16N3O2/c1-3-17-12(16)8-14-9(2)15(13)11-7-5-4-6-10(11)14/h4-7H,3,8,13H2,1-2H3/q+1. The highest BCUT2D eigenvalue weighted by molar-refractivity contribution is 5.73. The number of hydrogen-bond donors (Lipinski definition) is 1. The average Bonchev–Trinajstić information content (AvgIpc) is 2.56. The molecule has 1 aromatic carbocycles. The molecule has 0 aliphatic carbocycles. The Labute approximate surface area is 99.4 Å². The summed E-state index contributed by atoms with van der Waals surface area (Å²) >= 11 is 0. The van der Waals surface area contributed by atoms with E-state index in [-0.39, 0.29) is 12.5 Å². The minimum absolute atomic E-state index is 0.185. The van der Waals surface area contributed by atoms with Crippen LogP contribution >= 0.6 is 0 Å². The van der Waals surface area contributed by atoms with E-state index in [1.165, 1.54) is 0 Å². The minimum Gasteiger partial charge on any atom is -0.463 e. The monoisotopic (exact) mass is 234 g/mol. The third kappa shape index (κ3) is 1.95. The summed E-state index contributed by atoms with van der Waals surface area (Å²) in [7, 11) is 0. The topological polar surface area (TPSA) is 61.1 Å². The van der Waals surface area contributed by atoms with Crippen molar-refractivity contribution >= 4 is 17.0 Å². The van der Waals surface area contributed by atoms with Crippen LogP contribution in [0.2, 0.25) is 0 Å². The second-order valence-corrected chi connectivity index (χ2v) is 3.80. The van der Waals surface area contributed by atoms with Crippen molar-refractivity contribution in [1.29, 1.82) is 0 Å². The zero-order chi connectivity index (χ0) is 12.4. The van der Waals surface area contributed by atoms with Crippen LogP contribution in [0.15, 0.2) is 24.3 Å². The summed E-state index contributed by atoms with van der Waals surface area (Å²) in [6, 6.07) is 7.69. The van der Waals surface area contributed by atoms with E-state index in [1.807, 2.05) is 35.8 Å². The molecule has 0 saturated heterocycles. The van der Waals surface area contributed by atoms with Crippen molar-refractivity contribution in [3.05, 3.63) is 30.1 Å². The zero-order valence-corrected chi connectivity index (χ0v) is 10.0. The molecule has 17 heavy (non-hydrogen) atoms. The van der Waals surface area contributed by atoms with Crippen LogP contribution < -0.4 is 10.4 Å². The number of nitrogen functional groups attached to an aromatic ring is 1. The second-order valence-electron chi connectivity index (χ2n) is 3.80. The van der Waals surface area contributed by atoms with E-state index in [2.05, 4.69) is 0 Å². The van der Waals surface area contributed by atoms with Gasteiger partial charge in [-0.1, -0.05) is 12.1 Å². The van der Waals surface area contributed by atoms with Crippen molar-refractivity contribution in [3.63, 3.8) is 0 Å². The number of nitrogens with zero attached hydrogens (tertiary/aromatic N) is 2. The normalized spacial score (nSPS) is 10.7. The van der Waals surface area contributed by atoms with E-state index in [1.54, 1.807) is 11.6 Å². The molecule has 90 valence electrons. The molecule has 0 bridgehead atoms. The highest BCUT2D eigenvalue weighted by Crippen LogP contribution is 2.10. The number of hydrogen-bond acceptors (Lipinski definition) is 3. The molecular formula is C12H16N3O2+. The summed E-state index contributed by atoms with van der Waals surface area (Å²) in [5, 5.41) is 0. The van der Waals surface area contributed by atoms with E-state index >= 15 is 0 Å². The fraction of sp³-hybridized carbons (Fsp3) is 0.333. The Kier molecular flexibility index (Phi) is 2.99.